The first-order chi connectivity index (χ1) is 10.3. The highest BCUT2D eigenvalue weighted by atomic mass is 32.1. The van der Waals surface area contributed by atoms with Gasteiger partial charge in [0.2, 0.25) is 0 Å². The van der Waals surface area contributed by atoms with Crippen LogP contribution < -0.4 is 5.32 Å². The van der Waals surface area contributed by atoms with Crippen LogP contribution in [-0.2, 0) is 0 Å². The number of urea groups is 1. The van der Waals surface area contributed by atoms with Crippen molar-refractivity contribution in [2.45, 2.75) is 44.0 Å². The summed E-state index contributed by atoms with van der Waals surface area (Å²) in [5, 5.41) is 14.4. The monoisotopic (exact) mass is 336 g/mol. The molecule has 8 heteroatoms. The van der Waals surface area contributed by atoms with E-state index in [9.17, 15) is 23.1 Å². The van der Waals surface area contributed by atoms with Crippen molar-refractivity contribution in [3.63, 3.8) is 0 Å². The second kappa shape index (κ2) is 6.45. The van der Waals surface area contributed by atoms with E-state index in [1.54, 1.807) is 0 Å². The van der Waals surface area contributed by atoms with Crippen molar-refractivity contribution in [1.82, 2.24) is 10.2 Å². The molecule has 1 aromatic heterocycles. The van der Waals surface area contributed by atoms with E-state index >= 15 is 0 Å². The Labute approximate surface area is 130 Å². The van der Waals surface area contributed by atoms with Crippen LogP contribution in [0.3, 0.4) is 0 Å². The number of alkyl halides is 3. The summed E-state index contributed by atoms with van der Waals surface area (Å²) < 4.78 is 38.2. The fourth-order valence-electron chi connectivity index (χ4n) is 2.47. The van der Waals surface area contributed by atoms with E-state index in [1.165, 1.54) is 16.2 Å². The number of halogens is 3. The lowest BCUT2D eigenvalue weighted by molar-refractivity contribution is -0.271. The van der Waals surface area contributed by atoms with E-state index in [-0.39, 0.29) is 25.2 Å². The van der Waals surface area contributed by atoms with Crippen molar-refractivity contribution < 1.29 is 23.1 Å². The quantitative estimate of drug-likeness (QED) is 0.890. The lowest BCUT2D eigenvalue weighted by atomic mass is 9.91. The Kier molecular flexibility index (Phi) is 5.01. The summed E-state index contributed by atoms with van der Waals surface area (Å²) >= 11 is 1.53. The average molecular weight is 336 g/mol. The minimum Gasteiger partial charge on any atom is -0.380 e. The van der Waals surface area contributed by atoms with Gasteiger partial charge in [-0.05, 0) is 17.9 Å². The number of nitrogens with zero attached hydrogens (tertiary/aromatic N) is 1. The van der Waals surface area contributed by atoms with Crippen LogP contribution in [0, 0.1) is 0 Å². The van der Waals surface area contributed by atoms with Crippen LogP contribution in [0.4, 0.5) is 18.0 Å². The van der Waals surface area contributed by atoms with Gasteiger partial charge < -0.3 is 15.3 Å². The van der Waals surface area contributed by atoms with Crippen molar-refractivity contribution >= 4 is 17.4 Å². The van der Waals surface area contributed by atoms with Crippen LogP contribution in [-0.4, -0.2) is 40.9 Å². The summed E-state index contributed by atoms with van der Waals surface area (Å²) in [5.74, 6) is 0. The highest BCUT2D eigenvalue weighted by molar-refractivity contribution is 7.10. The van der Waals surface area contributed by atoms with Crippen LogP contribution in [0.15, 0.2) is 17.5 Å². The summed E-state index contributed by atoms with van der Waals surface area (Å²) in [6, 6.07) is 3.28. The van der Waals surface area contributed by atoms with Gasteiger partial charge in [-0.25, -0.2) is 4.79 Å². The third-order valence-electron chi connectivity index (χ3n) is 4.00. The molecule has 1 aliphatic rings. The Morgan fingerprint density at radius 1 is 1.50 bits per heavy atom. The number of aliphatic hydroxyl groups is 1. The highest BCUT2D eigenvalue weighted by Crippen LogP contribution is 2.38. The van der Waals surface area contributed by atoms with Crippen molar-refractivity contribution in [3.05, 3.63) is 22.4 Å². The Morgan fingerprint density at radius 2 is 2.14 bits per heavy atom. The Bertz CT molecular complexity index is 497. The number of rotatable bonds is 3. The Balaban J connectivity index is 1.93. The molecule has 0 aromatic carbocycles. The first-order valence-corrected chi connectivity index (χ1v) is 8.03. The van der Waals surface area contributed by atoms with Gasteiger partial charge in [-0.3, -0.25) is 0 Å². The fourth-order valence-corrected chi connectivity index (χ4v) is 3.33. The Morgan fingerprint density at radius 3 is 2.59 bits per heavy atom. The van der Waals surface area contributed by atoms with E-state index < -0.39 is 24.6 Å². The summed E-state index contributed by atoms with van der Waals surface area (Å²) in [6.07, 6.45) is -4.93. The third-order valence-corrected chi connectivity index (χ3v) is 4.98. The van der Waals surface area contributed by atoms with Crippen LogP contribution in [0.25, 0.3) is 0 Å². The SMILES string of the molecule is CCC(NC(=O)N1CCC(O)(C(F)(F)F)CC1)c1cccs1. The molecule has 0 bridgehead atoms. The van der Waals surface area contributed by atoms with Gasteiger partial charge in [0.25, 0.3) is 0 Å². The predicted octanol–water partition coefficient (Wildman–Crippen LogP) is 3.30. The second-order valence-electron chi connectivity index (χ2n) is 5.44. The van der Waals surface area contributed by atoms with E-state index in [2.05, 4.69) is 5.32 Å². The van der Waals surface area contributed by atoms with Crippen molar-refractivity contribution in [2.24, 2.45) is 0 Å². The average Bonchev–Trinajstić information content (AvgIpc) is 2.98. The Hall–Kier alpha value is -1.28. The van der Waals surface area contributed by atoms with Gasteiger partial charge in [0, 0.05) is 30.8 Å². The molecular formula is C14H19F3N2O2S. The van der Waals surface area contributed by atoms with E-state index in [4.69, 9.17) is 0 Å². The van der Waals surface area contributed by atoms with Crippen molar-refractivity contribution in [1.29, 1.82) is 0 Å². The third kappa shape index (κ3) is 3.55. The molecule has 0 spiro atoms. The topological polar surface area (TPSA) is 52.6 Å². The summed E-state index contributed by atoms with van der Waals surface area (Å²) in [4.78, 5) is 14.5. The molecule has 1 aromatic rings. The molecule has 2 amide bonds. The first-order valence-electron chi connectivity index (χ1n) is 7.15. The summed E-state index contributed by atoms with van der Waals surface area (Å²) in [6.45, 7) is 1.72. The maximum atomic E-state index is 12.7. The van der Waals surface area contributed by atoms with E-state index in [1.807, 2.05) is 24.4 Å². The lowest BCUT2D eigenvalue weighted by Crippen LogP contribution is -2.56. The predicted molar refractivity (Wildman–Crippen MR) is 77.7 cm³/mol. The molecule has 0 saturated carbocycles. The number of carbonyl (C=O) groups excluding carboxylic acids is 1. The normalized spacial score (nSPS) is 19.8. The van der Waals surface area contributed by atoms with Gasteiger partial charge in [0.15, 0.2) is 5.60 Å². The summed E-state index contributed by atoms with van der Waals surface area (Å²) in [7, 11) is 0. The number of hydrogen-bond donors (Lipinski definition) is 2. The molecule has 0 radical (unpaired) electrons. The van der Waals surface area contributed by atoms with Gasteiger partial charge in [0.1, 0.15) is 0 Å². The second-order valence-corrected chi connectivity index (χ2v) is 6.42. The summed E-state index contributed by atoms with van der Waals surface area (Å²) in [5.41, 5.74) is -2.68. The number of nitrogens with one attached hydrogen (secondary N) is 1. The van der Waals surface area contributed by atoms with Crippen LogP contribution >= 0.6 is 11.3 Å². The molecule has 1 unspecified atom stereocenters. The largest absolute Gasteiger partial charge is 0.417 e. The molecule has 1 atom stereocenters. The van der Waals surface area contributed by atoms with E-state index in [0.717, 1.165) is 4.88 Å². The zero-order valence-electron chi connectivity index (χ0n) is 12.2. The van der Waals surface area contributed by atoms with Gasteiger partial charge in [-0.1, -0.05) is 13.0 Å². The smallest absolute Gasteiger partial charge is 0.380 e. The maximum Gasteiger partial charge on any atom is 0.417 e. The standard InChI is InChI=1S/C14H19F3N2O2S/c1-2-10(11-4-3-9-22-11)18-12(20)19-7-5-13(21,6-8-19)14(15,16)17/h3-4,9-10,21H,2,5-8H2,1H3,(H,18,20). The molecule has 2 N–H and O–H groups in total. The molecule has 2 heterocycles. The number of carbonyl (C=O) groups is 1. The van der Waals surface area contributed by atoms with Gasteiger partial charge >= 0.3 is 12.2 Å². The minimum absolute atomic E-state index is 0.108. The van der Waals surface area contributed by atoms with Crippen LogP contribution in [0.2, 0.25) is 0 Å². The highest BCUT2D eigenvalue weighted by Gasteiger charge is 2.54. The molecule has 22 heavy (non-hydrogen) atoms. The number of thiophene rings is 1. The molecule has 0 aliphatic carbocycles. The zero-order valence-corrected chi connectivity index (χ0v) is 13.0. The lowest BCUT2D eigenvalue weighted by Gasteiger charge is -2.39. The van der Waals surface area contributed by atoms with Crippen LogP contribution in [0.5, 0.6) is 0 Å². The van der Waals surface area contributed by atoms with Gasteiger partial charge in [0.05, 0.1) is 6.04 Å². The van der Waals surface area contributed by atoms with Gasteiger partial charge in [-0.2, -0.15) is 13.2 Å². The molecule has 2 rings (SSSR count). The van der Waals surface area contributed by atoms with Crippen molar-refractivity contribution in [3.8, 4) is 0 Å². The van der Waals surface area contributed by atoms with Gasteiger partial charge in [-0.15, -0.1) is 11.3 Å². The molecule has 1 fully saturated rings. The first kappa shape index (κ1) is 17.1. The number of likely N-dealkylation sites (tertiary alicyclic amines) is 1. The zero-order chi connectivity index (χ0) is 16.4. The molecule has 1 aliphatic heterocycles. The van der Waals surface area contributed by atoms with Crippen molar-refractivity contribution in [2.75, 3.05) is 13.1 Å². The molecular weight excluding hydrogens is 317 g/mol. The minimum atomic E-state index is -4.65. The number of piperidine rings is 1. The molecule has 1 saturated heterocycles. The molecule has 4 nitrogen and oxygen atoms in total. The number of hydrogen-bond acceptors (Lipinski definition) is 3. The maximum absolute atomic E-state index is 12.7. The fraction of sp³-hybridized carbons (Fsp3) is 0.643. The number of amides is 2. The molecule has 124 valence electrons. The van der Waals surface area contributed by atoms with E-state index in [0.29, 0.717) is 6.42 Å². The van der Waals surface area contributed by atoms with Crippen LogP contribution in [0.1, 0.15) is 37.1 Å².